The van der Waals surface area contributed by atoms with Crippen LogP contribution in [0.15, 0.2) is 17.6 Å². The van der Waals surface area contributed by atoms with Crippen molar-refractivity contribution in [3.05, 3.63) is 12.4 Å². The Hall–Kier alpha value is -0.840. The number of imidazole rings is 1. The molecular formula is C6H11N3OS. The minimum absolute atomic E-state index is 0.317. The van der Waals surface area contributed by atoms with Gasteiger partial charge in [0, 0.05) is 25.2 Å². The Morgan fingerprint density at radius 1 is 1.82 bits per heavy atom. The van der Waals surface area contributed by atoms with Crippen LogP contribution in [0.2, 0.25) is 0 Å². The molecule has 0 aromatic carbocycles. The lowest BCUT2D eigenvalue weighted by atomic mass is 10.9. The van der Waals surface area contributed by atoms with E-state index < -0.39 is 9.73 Å². The van der Waals surface area contributed by atoms with Crippen molar-refractivity contribution in [2.24, 2.45) is 7.05 Å². The summed E-state index contributed by atoms with van der Waals surface area (Å²) in [6.07, 6.45) is 3.25. The van der Waals surface area contributed by atoms with Crippen molar-refractivity contribution >= 4 is 9.73 Å². The molecule has 1 N–H and O–H groups in total. The molecule has 0 bridgehead atoms. The zero-order valence-corrected chi connectivity index (χ0v) is 7.39. The van der Waals surface area contributed by atoms with Crippen LogP contribution in [0.1, 0.15) is 6.92 Å². The summed E-state index contributed by atoms with van der Waals surface area (Å²) < 4.78 is 20.5. The summed E-state index contributed by atoms with van der Waals surface area (Å²) in [5.41, 5.74) is 0. The van der Waals surface area contributed by atoms with Crippen LogP contribution in [-0.4, -0.2) is 19.5 Å². The summed E-state index contributed by atoms with van der Waals surface area (Å²) in [5.74, 6) is 0.317. The van der Waals surface area contributed by atoms with Gasteiger partial charge in [-0.2, -0.15) is 0 Å². The molecule has 0 aliphatic carbocycles. The normalized spacial score (nSPS) is 16.2. The Balaban J connectivity index is 3.22. The molecule has 0 aliphatic heterocycles. The van der Waals surface area contributed by atoms with Crippen molar-refractivity contribution in [3.63, 3.8) is 0 Å². The summed E-state index contributed by atoms with van der Waals surface area (Å²) in [4.78, 5) is 3.86. The molecule has 4 nitrogen and oxygen atoms in total. The van der Waals surface area contributed by atoms with Gasteiger partial charge in [-0.15, -0.1) is 0 Å². The minimum atomic E-state index is -2.63. The van der Waals surface area contributed by atoms with E-state index >= 15 is 0 Å². The SMILES string of the molecule is CC[S@@](=N)(=O)c1nccn1C. The predicted molar refractivity (Wildman–Crippen MR) is 42.9 cm³/mol. The highest BCUT2D eigenvalue weighted by Crippen LogP contribution is 2.06. The van der Waals surface area contributed by atoms with Crippen molar-refractivity contribution in [1.29, 1.82) is 4.78 Å². The van der Waals surface area contributed by atoms with Crippen LogP contribution >= 0.6 is 0 Å². The highest BCUT2D eigenvalue weighted by molar-refractivity contribution is 7.92. The van der Waals surface area contributed by atoms with Gasteiger partial charge in [-0.3, -0.25) is 0 Å². The molecule has 0 unspecified atom stereocenters. The van der Waals surface area contributed by atoms with E-state index in [0.29, 0.717) is 10.9 Å². The highest BCUT2D eigenvalue weighted by Gasteiger charge is 2.11. The van der Waals surface area contributed by atoms with Crippen LogP contribution in [0, 0.1) is 4.78 Å². The molecule has 0 amide bonds. The van der Waals surface area contributed by atoms with E-state index in [-0.39, 0.29) is 0 Å². The van der Waals surface area contributed by atoms with Crippen molar-refractivity contribution in [2.45, 2.75) is 12.1 Å². The van der Waals surface area contributed by atoms with Gasteiger partial charge in [0.15, 0.2) is 0 Å². The number of nitrogens with zero attached hydrogens (tertiary/aromatic N) is 2. The maximum Gasteiger partial charge on any atom is 0.207 e. The summed E-state index contributed by atoms with van der Waals surface area (Å²) in [6, 6.07) is 0. The van der Waals surface area contributed by atoms with E-state index in [1.807, 2.05) is 0 Å². The Morgan fingerprint density at radius 2 is 2.45 bits per heavy atom. The minimum Gasteiger partial charge on any atom is -0.326 e. The zero-order valence-electron chi connectivity index (χ0n) is 6.57. The Kier molecular flexibility index (Phi) is 1.99. The standard InChI is InChI=1S/C6H11N3OS/c1-3-11(7,10)6-8-4-5-9(6)2/h4-5,7H,3H2,1-2H3/t11-/m1/s1. The third-order valence-electron chi connectivity index (χ3n) is 1.48. The van der Waals surface area contributed by atoms with E-state index in [9.17, 15) is 4.21 Å². The lowest BCUT2D eigenvalue weighted by molar-refractivity contribution is 0.656. The van der Waals surface area contributed by atoms with Crippen molar-refractivity contribution in [1.82, 2.24) is 9.55 Å². The van der Waals surface area contributed by atoms with Gasteiger partial charge in [-0.25, -0.2) is 14.0 Å². The molecule has 11 heavy (non-hydrogen) atoms. The molecule has 0 aliphatic rings. The monoisotopic (exact) mass is 173 g/mol. The van der Waals surface area contributed by atoms with Crippen LogP contribution in [0.5, 0.6) is 0 Å². The fourth-order valence-corrected chi connectivity index (χ4v) is 1.81. The average molecular weight is 173 g/mol. The first-order valence-corrected chi connectivity index (χ1v) is 5.04. The molecular weight excluding hydrogens is 162 g/mol. The summed E-state index contributed by atoms with van der Waals surface area (Å²) in [7, 11) is -0.891. The van der Waals surface area contributed by atoms with Gasteiger partial charge < -0.3 is 4.57 Å². The number of aryl methyl sites for hydroxylation is 1. The first-order valence-electron chi connectivity index (χ1n) is 3.31. The molecule has 1 aromatic rings. The van der Waals surface area contributed by atoms with E-state index in [1.54, 1.807) is 30.9 Å². The van der Waals surface area contributed by atoms with E-state index in [0.717, 1.165) is 0 Å². The zero-order chi connectivity index (χ0) is 8.48. The van der Waals surface area contributed by atoms with Crippen molar-refractivity contribution < 1.29 is 4.21 Å². The maximum atomic E-state index is 11.4. The molecule has 1 rings (SSSR count). The largest absolute Gasteiger partial charge is 0.326 e. The van der Waals surface area contributed by atoms with Gasteiger partial charge in [0.05, 0.1) is 0 Å². The van der Waals surface area contributed by atoms with E-state index in [4.69, 9.17) is 4.78 Å². The molecule has 1 heterocycles. The Morgan fingerprint density at radius 3 is 2.82 bits per heavy atom. The molecule has 0 saturated carbocycles. The quantitative estimate of drug-likeness (QED) is 0.720. The Bertz CT molecular complexity index is 338. The van der Waals surface area contributed by atoms with E-state index in [1.165, 1.54) is 0 Å². The number of nitrogens with one attached hydrogen (secondary N) is 1. The van der Waals surface area contributed by atoms with Gasteiger partial charge in [0.2, 0.25) is 5.16 Å². The molecule has 0 saturated heterocycles. The second-order valence-electron chi connectivity index (χ2n) is 2.28. The second kappa shape index (κ2) is 2.65. The Labute approximate surface area is 66.2 Å². The van der Waals surface area contributed by atoms with Crippen LogP contribution in [0.4, 0.5) is 0 Å². The maximum absolute atomic E-state index is 11.4. The second-order valence-corrected chi connectivity index (χ2v) is 4.58. The third kappa shape index (κ3) is 1.42. The molecule has 5 heteroatoms. The summed E-state index contributed by atoms with van der Waals surface area (Å²) >= 11 is 0. The van der Waals surface area contributed by atoms with Gasteiger partial charge >= 0.3 is 0 Å². The van der Waals surface area contributed by atoms with E-state index in [2.05, 4.69) is 4.98 Å². The predicted octanol–water partition coefficient (Wildman–Crippen LogP) is 0.846. The van der Waals surface area contributed by atoms with Gasteiger partial charge in [0.25, 0.3) is 0 Å². The van der Waals surface area contributed by atoms with Gasteiger partial charge in [0.1, 0.15) is 9.73 Å². The number of aromatic nitrogens is 2. The van der Waals surface area contributed by atoms with Gasteiger partial charge in [-0.1, -0.05) is 6.92 Å². The molecule has 0 spiro atoms. The first kappa shape index (κ1) is 8.26. The van der Waals surface area contributed by atoms with Crippen LogP contribution in [0.3, 0.4) is 0 Å². The topological polar surface area (TPSA) is 58.7 Å². The average Bonchev–Trinajstić information content (AvgIpc) is 2.36. The van der Waals surface area contributed by atoms with Crippen molar-refractivity contribution in [3.8, 4) is 0 Å². The van der Waals surface area contributed by atoms with Crippen LogP contribution in [-0.2, 0) is 16.8 Å². The first-order chi connectivity index (χ1) is 5.08. The lowest BCUT2D eigenvalue weighted by Crippen LogP contribution is -2.08. The van der Waals surface area contributed by atoms with Gasteiger partial charge in [-0.05, 0) is 0 Å². The number of hydrogen-bond acceptors (Lipinski definition) is 3. The smallest absolute Gasteiger partial charge is 0.207 e. The van der Waals surface area contributed by atoms with Crippen LogP contribution < -0.4 is 0 Å². The fourth-order valence-electron chi connectivity index (χ4n) is 0.799. The third-order valence-corrected chi connectivity index (χ3v) is 3.27. The van der Waals surface area contributed by atoms with Crippen molar-refractivity contribution in [2.75, 3.05) is 5.75 Å². The molecule has 1 aromatic heterocycles. The fraction of sp³-hybridized carbons (Fsp3) is 0.500. The summed E-state index contributed by atoms with van der Waals surface area (Å²) in [5, 5.41) is 0.361. The molecule has 0 radical (unpaired) electrons. The lowest BCUT2D eigenvalue weighted by Gasteiger charge is -2.02. The highest BCUT2D eigenvalue weighted by atomic mass is 32.2. The summed E-state index contributed by atoms with van der Waals surface area (Å²) in [6.45, 7) is 1.73. The number of hydrogen-bond donors (Lipinski definition) is 1. The molecule has 62 valence electrons. The molecule has 0 fully saturated rings. The molecule has 1 atom stereocenters. The number of rotatable bonds is 2. The van der Waals surface area contributed by atoms with Crippen LogP contribution in [0.25, 0.3) is 0 Å².